The number of nitrogen functional groups attached to an aromatic ring is 1. The van der Waals surface area contributed by atoms with Gasteiger partial charge in [-0.25, -0.2) is 24.4 Å². The number of nitrogens with one attached hydrogen (secondary N) is 1. The van der Waals surface area contributed by atoms with E-state index in [9.17, 15) is 14.4 Å². The first-order chi connectivity index (χ1) is 18.0. The fourth-order valence-corrected chi connectivity index (χ4v) is 2.50. The third-order valence-corrected chi connectivity index (χ3v) is 4.58. The van der Waals surface area contributed by atoms with E-state index in [4.69, 9.17) is 66.3 Å². The van der Waals surface area contributed by atoms with E-state index >= 15 is 0 Å². The van der Waals surface area contributed by atoms with Gasteiger partial charge < -0.3 is 24.7 Å². The summed E-state index contributed by atoms with van der Waals surface area (Å²) in [6, 6.07) is 3.05. The third kappa shape index (κ3) is 19.3. The normalized spacial score (nSPS) is 11.0. The van der Waals surface area contributed by atoms with Crippen LogP contribution >= 0.6 is 46.4 Å². The van der Waals surface area contributed by atoms with E-state index in [1.54, 1.807) is 68.4 Å². The van der Waals surface area contributed by atoms with Gasteiger partial charge in [0.25, 0.3) is 0 Å². The van der Waals surface area contributed by atoms with Crippen LogP contribution in [0.1, 0.15) is 62.3 Å². The van der Waals surface area contributed by atoms with Gasteiger partial charge in [0.2, 0.25) is 0 Å². The maximum Gasteiger partial charge on any atom is 0.519 e. The van der Waals surface area contributed by atoms with Crippen LogP contribution in [0.15, 0.2) is 24.5 Å². The SMILES string of the molecule is CC(C)(C)OC(=O)Nc1cnc(Cl)c(Cl)c1.CC(C)(C)OC(=O)OC(=O)OC(C)(C)C.Nc1cnc(Cl)c(Cl)c1. The Bertz CT molecular complexity index is 1140. The Morgan fingerprint density at radius 2 is 1.10 bits per heavy atom. The quantitative estimate of drug-likeness (QED) is 0.134. The fourth-order valence-electron chi connectivity index (χ4n) is 1.96. The molecule has 0 aliphatic rings. The lowest BCUT2D eigenvalue weighted by molar-refractivity contribution is -0.0294. The lowest BCUT2D eigenvalue weighted by Gasteiger charge is -2.20. The molecule has 0 saturated heterocycles. The molecular weight excluding hydrogens is 610 g/mol. The summed E-state index contributed by atoms with van der Waals surface area (Å²) in [4.78, 5) is 40.9. The number of hydrogen-bond donors (Lipinski definition) is 2. The molecule has 2 heterocycles. The van der Waals surface area contributed by atoms with Crippen LogP contribution in [-0.4, -0.2) is 45.2 Å². The molecule has 15 heteroatoms. The van der Waals surface area contributed by atoms with E-state index in [0.29, 0.717) is 16.4 Å². The van der Waals surface area contributed by atoms with Crippen LogP contribution in [-0.2, 0) is 18.9 Å². The van der Waals surface area contributed by atoms with Crippen LogP contribution in [0.3, 0.4) is 0 Å². The maximum absolute atomic E-state index is 11.4. The minimum absolute atomic E-state index is 0.191. The van der Waals surface area contributed by atoms with Crippen LogP contribution in [0.5, 0.6) is 0 Å². The van der Waals surface area contributed by atoms with Crippen molar-refractivity contribution in [2.45, 2.75) is 79.1 Å². The molecule has 0 unspecified atom stereocenters. The van der Waals surface area contributed by atoms with Crippen LogP contribution < -0.4 is 11.1 Å². The van der Waals surface area contributed by atoms with Crippen molar-refractivity contribution in [3.05, 3.63) is 44.9 Å². The average Bonchev–Trinajstić information content (AvgIpc) is 2.70. The summed E-state index contributed by atoms with van der Waals surface area (Å²) in [5.41, 5.74) is 4.34. The molecule has 40 heavy (non-hydrogen) atoms. The van der Waals surface area contributed by atoms with Crippen LogP contribution in [0, 0.1) is 0 Å². The van der Waals surface area contributed by atoms with E-state index in [-0.39, 0.29) is 15.3 Å². The summed E-state index contributed by atoms with van der Waals surface area (Å²) in [7, 11) is 0. The van der Waals surface area contributed by atoms with Crippen LogP contribution in [0.25, 0.3) is 0 Å². The van der Waals surface area contributed by atoms with Crippen molar-refractivity contribution in [3.63, 3.8) is 0 Å². The Kier molecular flexibility index (Phi) is 14.8. The fraction of sp³-hybridized carbons (Fsp3) is 0.480. The van der Waals surface area contributed by atoms with Gasteiger partial charge in [-0.05, 0) is 74.4 Å². The Balaban J connectivity index is 0.000000592. The summed E-state index contributed by atoms with van der Waals surface area (Å²) in [6.07, 6.45) is 0.174. The summed E-state index contributed by atoms with van der Waals surface area (Å²) in [5.74, 6) is 0. The molecule has 0 aromatic carbocycles. The van der Waals surface area contributed by atoms with Crippen LogP contribution in [0.4, 0.5) is 25.8 Å². The molecule has 3 N–H and O–H groups in total. The number of nitrogens with zero attached hydrogens (tertiary/aromatic N) is 2. The number of pyridine rings is 2. The van der Waals surface area contributed by atoms with Gasteiger partial charge in [-0.2, -0.15) is 0 Å². The average molecular weight is 644 g/mol. The largest absolute Gasteiger partial charge is 0.519 e. The molecule has 0 bridgehead atoms. The van der Waals surface area contributed by atoms with E-state index < -0.39 is 35.2 Å². The van der Waals surface area contributed by atoms with E-state index in [1.165, 1.54) is 18.5 Å². The summed E-state index contributed by atoms with van der Waals surface area (Å²) in [5, 5.41) is 3.63. The first-order valence-electron chi connectivity index (χ1n) is 11.5. The molecule has 1 amide bonds. The zero-order valence-corrected chi connectivity index (χ0v) is 26.7. The molecular formula is C25H34Cl4N4O7. The Morgan fingerprint density at radius 3 is 1.45 bits per heavy atom. The van der Waals surface area contributed by atoms with Gasteiger partial charge in [0.1, 0.15) is 27.1 Å². The van der Waals surface area contributed by atoms with Gasteiger partial charge in [0.15, 0.2) is 0 Å². The standard InChI is InChI=1S/C10H12Cl2N2O2.C10H18O5.C5H4Cl2N2/c1-10(2,3)16-9(15)14-6-4-7(11)8(12)13-5-6;1-9(2,3)14-7(11)13-8(12)15-10(4,5)6;6-4-1-3(8)2-9-5(4)7/h4-5H,1-3H3,(H,14,15);1-6H3;1-2H,8H2. The predicted molar refractivity (Wildman–Crippen MR) is 156 cm³/mol. The molecule has 0 saturated carbocycles. The second kappa shape index (κ2) is 15.9. The molecule has 0 fully saturated rings. The van der Waals surface area contributed by atoms with E-state index in [2.05, 4.69) is 20.0 Å². The molecule has 2 aromatic heterocycles. The molecule has 224 valence electrons. The first kappa shape index (κ1) is 37.3. The number of halogens is 4. The van der Waals surface area contributed by atoms with Gasteiger partial charge in [-0.15, -0.1) is 0 Å². The molecule has 0 spiro atoms. The minimum Gasteiger partial charge on any atom is -0.444 e. The number of carbonyl (C=O) groups is 3. The predicted octanol–water partition coefficient (Wildman–Crippen LogP) is 8.58. The lowest BCUT2D eigenvalue weighted by atomic mass is 10.2. The second-order valence-electron chi connectivity index (χ2n) is 10.7. The zero-order chi connectivity index (χ0) is 31.5. The molecule has 0 radical (unpaired) electrons. The highest BCUT2D eigenvalue weighted by Crippen LogP contribution is 2.23. The molecule has 0 aliphatic carbocycles. The molecule has 2 rings (SSSR count). The zero-order valence-electron chi connectivity index (χ0n) is 23.7. The molecule has 2 aromatic rings. The topological polar surface area (TPSA) is 152 Å². The minimum atomic E-state index is -1.06. The number of rotatable bonds is 1. The van der Waals surface area contributed by atoms with Gasteiger partial charge in [0.05, 0.1) is 33.8 Å². The van der Waals surface area contributed by atoms with Gasteiger partial charge in [0, 0.05) is 0 Å². The lowest BCUT2D eigenvalue weighted by Crippen LogP contribution is -2.29. The molecule has 0 aliphatic heterocycles. The highest BCUT2D eigenvalue weighted by Gasteiger charge is 2.24. The second-order valence-corrected chi connectivity index (χ2v) is 12.2. The monoisotopic (exact) mass is 642 g/mol. The Morgan fingerprint density at radius 1 is 0.700 bits per heavy atom. The van der Waals surface area contributed by atoms with Gasteiger partial charge in [-0.3, -0.25) is 5.32 Å². The summed E-state index contributed by atoms with van der Waals surface area (Å²) < 4.78 is 18.9. The van der Waals surface area contributed by atoms with Gasteiger partial charge in [-0.1, -0.05) is 46.4 Å². The van der Waals surface area contributed by atoms with Crippen molar-refractivity contribution in [1.29, 1.82) is 0 Å². The molecule has 11 nitrogen and oxygen atoms in total. The smallest absolute Gasteiger partial charge is 0.444 e. The van der Waals surface area contributed by atoms with Crippen molar-refractivity contribution in [1.82, 2.24) is 9.97 Å². The number of anilines is 2. The van der Waals surface area contributed by atoms with Gasteiger partial charge >= 0.3 is 18.4 Å². The number of aromatic nitrogens is 2. The van der Waals surface area contributed by atoms with Crippen molar-refractivity contribution >= 4 is 76.2 Å². The number of nitrogens with two attached hydrogens (primary N) is 1. The Hall–Kier alpha value is -2.73. The van der Waals surface area contributed by atoms with E-state index in [0.717, 1.165) is 0 Å². The van der Waals surface area contributed by atoms with Crippen molar-refractivity contribution in [2.24, 2.45) is 0 Å². The van der Waals surface area contributed by atoms with Crippen molar-refractivity contribution < 1.29 is 33.3 Å². The summed E-state index contributed by atoms with van der Waals surface area (Å²) >= 11 is 22.4. The van der Waals surface area contributed by atoms with Crippen molar-refractivity contribution in [3.8, 4) is 0 Å². The first-order valence-corrected chi connectivity index (χ1v) is 13.0. The van der Waals surface area contributed by atoms with E-state index in [1.807, 2.05) is 0 Å². The number of hydrogen-bond acceptors (Lipinski definition) is 10. The number of ether oxygens (including phenoxy) is 4. The Labute approximate surface area is 253 Å². The van der Waals surface area contributed by atoms with Crippen LogP contribution in [0.2, 0.25) is 20.4 Å². The van der Waals surface area contributed by atoms with Crippen molar-refractivity contribution in [2.75, 3.05) is 11.1 Å². The maximum atomic E-state index is 11.4. The number of carbonyl (C=O) groups excluding carboxylic acids is 3. The molecule has 0 atom stereocenters. The highest BCUT2D eigenvalue weighted by atomic mass is 35.5. The number of amides is 1. The summed E-state index contributed by atoms with van der Waals surface area (Å²) in [6.45, 7) is 15.4. The third-order valence-electron chi connectivity index (χ3n) is 3.20. The highest BCUT2D eigenvalue weighted by molar-refractivity contribution is 6.41.